The van der Waals surface area contributed by atoms with Crippen molar-refractivity contribution < 1.29 is 37.8 Å². The van der Waals surface area contributed by atoms with Gasteiger partial charge in [0.05, 0.1) is 4.92 Å². The van der Waals surface area contributed by atoms with Crippen LogP contribution in [-0.4, -0.2) is 27.7 Å². The number of nitro groups is 1. The maximum Gasteiger partial charge on any atom is 0.387 e. The summed E-state index contributed by atoms with van der Waals surface area (Å²) in [6.45, 7) is -3.43. The molecule has 0 aliphatic rings. The van der Waals surface area contributed by atoms with Crippen molar-refractivity contribution >= 4 is 11.7 Å². The van der Waals surface area contributed by atoms with Crippen LogP contribution in [0.3, 0.4) is 0 Å². The van der Waals surface area contributed by atoms with E-state index < -0.39 is 46.4 Å². The fourth-order valence-corrected chi connectivity index (χ4v) is 1.33. The van der Waals surface area contributed by atoms with Crippen molar-refractivity contribution in [2.24, 2.45) is 0 Å². The van der Waals surface area contributed by atoms with Gasteiger partial charge in [0.15, 0.2) is 6.10 Å². The lowest BCUT2D eigenvalue weighted by Crippen LogP contribution is -2.16. The molecule has 0 amide bonds. The Balaban J connectivity index is 3.53. The first-order chi connectivity index (χ1) is 8.75. The van der Waals surface area contributed by atoms with E-state index in [-0.39, 0.29) is 0 Å². The predicted molar refractivity (Wildman–Crippen MR) is 52.3 cm³/mol. The third kappa shape index (κ3) is 3.10. The summed E-state index contributed by atoms with van der Waals surface area (Å²) in [5.41, 5.74) is -2.62. The molecule has 1 atom stereocenters. The smallest absolute Gasteiger partial charge is 0.387 e. The second-order valence-electron chi connectivity index (χ2n) is 3.18. The number of ether oxygens (including phenoxy) is 1. The molecule has 0 aromatic heterocycles. The molecule has 7 nitrogen and oxygen atoms in total. The highest BCUT2D eigenvalue weighted by molar-refractivity contribution is 5.77. The molecule has 104 valence electrons. The summed E-state index contributed by atoms with van der Waals surface area (Å²) in [5.74, 6) is -4.45. The van der Waals surface area contributed by atoms with E-state index in [9.17, 15) is 33.2 Å². The van der Waals surface area contributed by atoms with Crippen LogP contribution < -0.4 is 4.74 Å². The first-order valence-electron chi connectivity index (χ1n) is 4.58. The van der Waals surface area contributed by atoms with Crippen molar-refractivity contribution in [2.45, 2.75) is 12.7 Å². The van der Waals surface area contributed by atoms with Gasteiger partial charge in [0.2, 0.25) is 5.82 Å². The van der Waals surface area contributed by atoms with E-state index in [1.165, 1.54) is 0 Å². The Morgan fingerprint density at radius 3 is 2.42 bits per heavy atom. The molecule has 0 spiro atoms. The number of carboxylic acids is 1. The molecule has 0 radical (unpaired) electrons. The maximum atomic E-state index is 13.3. The zero-order valence-electron chi connectivity index (χ0n) is 8.92. The summed E-state index contributed by atoms with van der Waals surface area (Å²) in [4.78, 5) is 19.9. The average Bonchev–Trinajstić information content (AvgIpc) is 2.28. The summed E-state index contributed by atoms with van der Waals surface area (Å²) >= 11 is 0. The molecule has 1 unspecified atom stereocenters. The van der Waals surface area contributed by atoms with Gasteiger partial charge in [0.1, 0.15) is 11.3 Å². The van der Waals surface area contributed by atoms with Crippen LogP contribution in [-0.2, 0) is 4.79 Å². The fraction of sp³-hybridized carbons (Fsp3) is 0.222. The Morgan fingerprint density at radius 2 is 2.00 bits per heavy atom. The number of alkyl halides is 2. The third-order valence-electron chi connectivity index (χ3n) is 2.03. The minimum atomic E-state index is -3.43. The van der Waals surface area contributed by atoms with Gasteiger partial charge in [-0.25, -0.2) is 4.79 Å². The molecule has 2 N–H and O–H groups in total. The molecule has 1 aromatic rings. The van der Waals surface area contributed by atoms with Crippen LogP contribution in [0.4, 0.5) is 18.9 Å². The van der Waals surface area contributed by atoms with Gasteiger partial charge < -0.3 is 14.9 Å². The number of aliphatic hydroxyl groups excluding tert-OH is 1. The van der Waals surface area contributed by atoms with Crippen molar-refractivity contribution in [3.63, 3.8) is 0 Å². The van der Waals surface area contributed by atoms with Crippen molar-refractivity contribution in [2.75, 3.05) is 0 Å². The fourth-order valence-electron chi connectivity index (χ4n) is 1.33. The van der Waals surface area contributed by atoms with Crippen molar-refractivity contribution in [1.29, 1.82) is 0 Å². The number of hydrogen-bond donors (Lipinski definition) is 2. The minimum absolute atomic E-state index is 0.452. The minimum Gasteiger partial charge on any atom is -0.479 e. The molecule has 19 heavy (non-hydrogen) atoms. The first-order valence-corrected chi connectivity index (χ1v) is 4.58. The van der Waals surface area contributed by atoms with E-state index in [4.69, 9.17) is 5.11 Å². The number of carbonyl (C=O) groups is 1. The molecular formula is C9H6F3NO6. The van der Waals surface area contributed by atoms with Crippen LogP contribution in [0.5, 0.6) is 5.75 Å². The van der Waals surface area contributed by atoms with Gasteiger partial charge in [0, 0.05) is 0 Å². The Kier molecular flexibility index (Phi) is 4.27. The molecule has 0 bridgehead atoms. The lowest BCUT2D eigenvalue weighted by molar-refractivity contribution is -0.388. The molecule has 10 heteroatoms. The van der Waals surface area contributed by atoms with E-state index in [1.807, 2.05) is 0 Å². The molecular weight excluding hydrogens is 275 g/mol. The van der Waals surface area contributed by atoms with E-state index in [0.717, 1.165) is 0 Å². The second-order valence-corrected chi connectivity index (χ2v) is 3.18. The number of aliphatic hydroxyl groups is 1. The lowest BCUT2D eigenvalue weighted by Gasteiger charge is -2.13. The first kappa shape index (κ1) is 14.7. The summed E-state index contributed by atoms with van der Waals surface area (Å²) < 4.78 is 41.3. The Labute approximate surface area is 103 Å². The summed E-state index contributed by atoms with van der Waals surface area (Å²) in [6, 6.07) is 1.02. The van der Waals surface area contributed by atoms with E-state index in [1.54, 1.807) is 0 Å². The van der Waals surface area contributed by atoms with Crippen molar-refractivity contribution in [3.8, 4) is 5.75 Å². The Bertz CT molecular complexity index is 521. The molecule has 0 aliphatic carbocycles. The number of aliphatic carboxylic acids is 1. The third-order valence-corrected chi connectivity index (χ3v) is 2.03. The summed E-state index contributed by atoms with van der Waals surface area (Å²) in [5, 5.41) is 28.4. The van der Waals surface area contributed by atoms with Gasteiger partial charge >= 0.3 is 18.3 Å². The average molecular weight is 281 g/mol. The molecule has 0 saturated carbocycles. The normalized spacial score (nSPS) is 12.3. The summed E-state index contributed by atoms with van der Waals surface area (Å²) in [6.07, 6.45) is -2.58. The zero-order chi connectivity index (χ0) is 14.7. The number of nitro benzene ring substituents is 1. The SMILES string of the molecule is O=C(O)C(O)c1c(OC(F)F)ccc(F)c1[N+](=O)[O-]. The van der Waals surface area contributed by atoms with Gasteiger partial charge in [-0.1, -0.05) is 0 Å². The highest BCUT2D eigenvalue weighted by Crippen LogP contribution is 2.37. The molecule has 1 rings (SSSR count). The molecule has 1 aromatic carbocycles. The number of hydrogen-bond acceptors (Lipinski definition) is 5. The molecule has 0 saturated heterocycles. The highest BCUT2D eigenvalue weighted by atomic mass is 19.3. The molecule has 0 aliphatic heterocycles. The quantitative estimate of drug-likeness (QED) is 0.624. The van der Waals surface area contributed by atoms with E-state index >= 15 is 0 Å². The van der Waals surface area contributed by atoms with Gasteiger partial charge in [-0.05, 0) is 12.1 Å². The maximum absolute atomic E-state index is 13.3. The van der Waals surface area contributed by atoms with Crippen LogP contribution in [0.15, 0.2) is 12.1 Å². The number of rotatable bonds is 5. The largest absolute Gasteiger partial charge is 0.479 e. The Hall–Kier alpha value is -2.36. The van der Waals surface area contributed by atoms with Gasteiger partial charge in [-0.3, -0.25) is 10.1 Å². The monoisotopic (exact) mass is 281 g/mol. The van der Waals surface area contributed by atoms with Crippen molar-refractivity contribution in [1.82, 2.24) is 0 Å². The summed E-state index contributed by atoms with van der Waals surface area (Å²) in [7, 11) is 0. The second kappa shape index (κ2) is 5.52. The van der Waals surface area contributed by atoms with Gasteiger partial charge in [0.25, 0.3) is 0 Å². The number of carboxylic acid groups (broad SMARTS) is 1. The van der Waals surface area contributed by atoms with E-state index in [2.05, 4.69) is 4.74 Å². The number of halogens is 3. The van der Waals surface area contributed by atoms with Crippen LogP contribution in [0.25, 0.3) is 0 Å². The highest BCUT2D eigenvalue weighted by Gasteiger charge is 2.34. The number of benzene rings is 1. The van der Waals surface area contributed by atoms with Gasteiger partial charge in [-0.15, -0.1) is 0 Å². The standard InChI is InChI=1S/C9H6F3NO6/c10-3-1-2-4(19-9(11)12)5(6(3)13(17)18)7(14)8(15)16/h1-2,7,9,14H,(H,15,16). The Morgan fingerprint density at radius 1 is 1.42 bits per heavy atom. The van der Waals surface area contributed by atoms with Crippen molar-refractivity contribution in [3.05, 3.63) is 33.6 Å². The van der Waals surface area contributed by atoms with Crippen LogP contribution in [0, 0.1) is 15.9 Å². The van der Waals surface area contributed by atoms with Crippen LogP contribution >= 0.6 is 0 Å². The zero-order valence-corrected chi connectivity index (χ0v) is 8.92. The predicted octanol–water partition coefficient (Wildman–Crippen LogP) is 1.45. The lowest BCUT2D eigenvalue weighted by atomic mass is 10.1. The van der Waals surface area contributed by atoms with Gasteiger partial charge in [-0.2, -0.15) is 13.2 Å². The van der Waals surface area contributed by atoms with Crippen LogP contribution in [0.2, 0.25) is 0 Å². The molecule has 0 fully saturated rings. The van der Waals surface area contributed by atoms with E-state index in [0.29, 0.717) is 12.1 Å². The number of nitrogens with zero attached hydrogens (tertiary/aromatic N) is 1. The van der Waals surface area contributed by atoms with Crippen LogP contribution in [0.1, 0.15) is 11.7 Å². The topological polar surface area (TPSA) is 110 Å². The molecule has 0 heterocycles.